The molecule has 0 spiro atoms. The molecule has 1 nitrogen and oxygen atoms in total. The van der Waals surface area contributed by atoms with Crippen LogP contribution in [-0.4, -0.2) is 5.78 Å². The van der Waals surface area contributed by atoms with Crippen LogP contribution in [0.25, 0.3) is 0 Å². The SMILES string of the molecule is C=C/C=C\C1=CC=C(Cc2ccc(C)cc2)C1=O. The summed E-state index contributed by atoms with van der Waals surface area (Å²) in [5.41, 5.74) is 3.99. The molecule has 0 amide bonds. The van der Waals surface area contributed by atoms with Crippen molar-refractivity contribution in [2.24, 2.45) is 0 Å². The Balaban J connectivity index is 2.06. The Kier molecular flexibility index (Phi) is 3.73. The van der Waals surface area contributed by atoms with Crippen molar-refractivity contribution in [3.8, 4) is 0 Å². The van der Waals surface area contributed by atoms with Gasteiger partial charge in [0.15, 0.2) is 5.78 Å². The van der Waals surface area contributed by atoms with E-state index < -0.39 is 0 Å². The molecule has 0 aromatic heterocycles. The molecule has 90 valence electrons. The monoisotopic (exact) mass is 236 g/mol. The molecule has 0 fully saturated rings. The van der Waals surface area contributed by atoms with Crippen molar-refractivity contribution in [3.05, 3.63) is 83.5 Å². The van der Waals surface area contributed by atoms with Gasteiger partial charge in [0.2, 0.25) is 0 Å². The van der Waals surface area contributed by atoms with Gasteiger partial charge in [0, 0.05) is 17.6 Å². The lowest BCUT2D eigenvalue weighted by Gasteiger charge is -2.03. The van der Waals surface area contributed by atoms with Crippen molar-refractivity contribution in [2.75, 3.05) is 0 Å². The van der Waals surface area contributed by atoms with Gasteiger partial charge in [-0.3, -0.25) is 4.79 Å². The first-order valence-electron chi connectivity index (χ1n) is 6.01. The first-order valence-corrected chi connectivity index (χ1v) is 6.01. The Bertz CT molecular complexity index is 554. The minimum Gasteiger partial charge on any atom is -0.289 e. The molecule has 0 unspecified atom stereocenters. The summed E-state index contributed by atoms with van der Waals surface area (Å²) in [6.07, 6.45) is 9.73. The van der Waals surface area contributed by atoms with Gasteiger partial charge < -0.3 is 0 Å². The predicted molar refractivity (Wildman–Crippen MR) is 75.4 cm³/mol. The first-order chi connectivity index (χ1) is 8.70. The quantitative estimate of drug-likeness (QED) is 0.728. The Morgan fingerprint density at radius 1 is 1.17 bits per heavy atom. The van der Waals surface area contributed by atoms with Gasteiger partial charge in [-0.05, 0) is 12.5 Å². The minimum atomic E-state index is 0.119. The maximum atomic E-state index is 12.1. The van der Waals surface area contributed by atoms with Crippen LogP contribution >= 0.6 is 0 Å². The van der Waals surface area contributed by atoms with E-state index in [4.69, 9.17) is 0 Å². The molecule has 0 radical (unpaired) electrons. The van der Waals surface area contributed by atoms with Crippen LogP contribution in [0.3, 0.4) is 0 Å². The molecule has 0 N–H and O–H groups in total. The van der Waals surface area contributed by atoms with E-state index in [1.165, 1.54) is 11.1 Å². The van der Waals surface area contributed by atoms with E-state index in [9.17, 15) is 4.79 Å². The Labute approximate surface area is 108 Å². The summed E-state index contributed by atoms with van der Waals surface area (Å²) in [5.74, 6) is 0.119. The van der Waals surface area contributed by atoms with E-state index in [-0.39, 0.29) is 5.78 Å². The summed E-state index contributed by atoms with van der Waals surface area (Å²) in [7, 11) is 0. The number of ketones is 1. The van der Waals surface area contributed by atoms with Crippen molar-refractivity contribution in [1.82, 2.24) is 0 Å². The summed E-state index contributed by atoms with van der Waals surface area (Å²) in [6.45, 7) is 5.66. The summed E-state index contributed by atoms with van der Waals surface area (Å²) in [5, 5.41) is 0. The highest BCUT2D eigenvalue weighted by atomic mass is 16.1. The number of allylic oxidation sites excluding steroid dienone is 7. The zero-order valence-electron chi connectivity index (χ0n) is 10.5. The summed E-state index contributed by atoms with van der Waals surface area (Å²) in [6, 6.07) is 8.28. The van der Waals surface area contributed by atoms with Gasteiger partial charge in [-0.15, -0.1) is 0 Å². The van der Waals surface area contributed by atoms with E-state index >= 15 is 0 Å². The molecule has 0 atom stereocenters. The van der Waals surface area contributed by atoms with Crippen LogP contribution in [0.4, 0.5) is 0 Å². The van der Waals surface area contributed by atoms with Crippen LogP contribution in [0.5, 0.6) is 0 Å². The van der Waals surface area contributed by atoms with E-state index in [0.29, 0.717) is 6.42 Å². The third-order valence-corrected chi connectivity index (χ3v) is 2.94. The average Bonchev–Trinajstić information content (AvgIpc) is 2.71. The van der Waals surface area contributed by atoms with Crippen LogP contribution < -0.4 is 0 Å². The van der Waals surface area contributed by atoms with Crippen molar-refractivity contribution < 1.29 is 4.79 Å². The normalized spacial score (nSPS) is 14.8. The van der Waals surface area contributed by atoms with Gasteiger partial charge in [-0.2, -0.15) is 0 Å². The van der Waals surface area contributed by atoms with Gasteiger partial charge in [0.05, 0.1) is 0 Å². The number of hydrogen-bond acceptors (Lipinski definition) is 1. The fourth-order valence-corrected chi connectivity index (χ4v) is 1.90. The number of aryl methyl sites for hydroxylation is 1. The molecular formula is C17H16O. The van der Waals surface area contributed by atoms with Crippen molar-refractivity contribution >= 4 is 5.78 Å². The number of carbonyl (C=O) groups excluding carboxylic acids is 1. The van der Waals surface area contributed by atoms with Crippen molar-refractivity contribution in [2.45, 2.75) is 13.3 Å². The van der Waals surface area contributed by atoms with Crippen molar-refractivity contribution in [3.63, 3.8) is 0 Å². The van der Waals surface area contributed by atoms with Crippen molar-refractivity contribution in [1.29, 1.82) is 0 Å². The highest BCUT2D eigenvalue weighted by Gasteiger charge is 2.17. The third kappa shape index (κ3) is 2.75. The molecule has 1 aliphatic carbocycles. The Hall–Kier alpha value is -2.15. The fourth-order valence-electron chi connectivity index (χ4n) is 1.90. The van der Waals surface area contributed by atoms with Gasteiger partial charge in [-0.25, -0.2) is 0 Å². The average molecular weight is 236 g/mol. The Morgan fingerprint density at radius 3 is 2.56 bits per heavy atom. The van der Waals surface area contributed by atoms with E-state index in [1.54, 1.807) is 18.2 Å². The number of hydrogen-bond donors (Lipinski definition) is 0. The molecule has 0 heterocycles. The molecule has 0 aliphatic heterocycles. The van der Waals surface area contributed by atoms with Crippen LogP contribution in [0.15, 0.2) is 72.4 Å². The molecule has 1 aliphatic rings. The third-order valence-electron chi connectivity index (χ3n) is 2.94. The fraction of sp³-hybridized carbons (Fsp3) is 0.118. The lowest BCUT2D eigenvalue weighted by Crippen LogP contribution is -2.03. The van der Waals surface area contributed by atoms with Gasteiger partial charge in [-0.1, -0.05) is 66.8 Å². The molecule has 0 saturated heterocycles. The summed E-state index contributed by atoms with van der Waals surface area (Å²) >= 11 is 0. The van der Waals surface area contributed by atoms with E-state index in [0.717, 1.165) is 11.1 Å². The van der Waals surface area contributed by atoms with E-state index in [2.05, 4.69) is 37.8 Å². The lowest BCUT2D eigenvalue weighted by atomic mass is 10.0. The second-order valence-electron chi connectivity index (χ2n) is 4.40. The zero-order chi connectivity index (χ0) is 13.0. The van der Waals surface area contributed by atoms with Gasteiger partial charge >= 0.3 is 0 Å². The highest BCUT2D eigenvalue weighted by Crippen LogP contribution is 2.20. The molecule has 1 aromatic carbocycles. The standard InChI is InChI=1S/C17H16O/c1-3-4-5-15-10-11-16(17(15)18)12-14-8-6-13(2)7-9-14/h3-11H,1,12H2,2H3/b5-4-. The second kappa shape index (κ2) is 5.46. The molecule has 0 bridgehead atoms. The largest absolute Gasteiger partial charge is 0.289 e. The van der Waals surface area contributed by atoms with Crippen LogP contribution in [0.2, 0.25) is 0 Å². The minimum absolute atomic E-state index is 0.119. The van der Waals surface area contributed by atoms with Crippen LogP contribution in [0.1, 0.15) is 11.1 Å². The molecule has 1 aromatic rings. The number of carbonyl (C=O) groups is 1. The topological polar surface area (TPSA) is 17.1 Å². The summed E-state index contributed by atoms with van der Waals surface area (Å²) in [4.78, 5) is 12.1. The van der Waals surface area contributed by atoms with Crippen LogP contribution in [0, 0.1) is 6.92 Å². The highest BCUT2D eigenvalue weighted by molar-refractivity contribution is 6.13. The molecular weight excluding hydrogens is 220 g/mol. The molecule has 1 heteroatoms. The van der Waals surface area contributed by atoms with Crippen LogP contribution in [-0.2, 0) is 11.2 Å². The predicted octanol–water partition coefficient (Wildman–Crippen LogP) is 3.72. The molecule has 2 rings (SSSR count). The first kappa shape index (κ1) is 12.3. The van der Waals surface area contributed by atoms with E-state index in [1.807, 2.05) is 12.2 Å². The molecule has 0 saturated carbocycles. The Morgan fingerprint density at radius 2 is 1.89 bits per heavy atom. The lowest BCUT2D eigenvalue weighted by molar-refractivity contribution is -0.111. The summed E-state index contributed by atoms with van der Waals surface area (Å²) < 4.78 is 0. The number of benzene rings is 1. The number of rotatable bonds is 4. The van der Waals surface area contributed by atoms with Gasteiger partial charge in [0.1, 0.15) is 0 Å². The zero-order valence-corrected chi connectivity index (χ0v) is 10.5. The number of Topliss-reactive ketones (excluding diaryl/α,β-unsaturated/α-hetero) is 1. The second-order valence-corrected chi connectivity index (χ2v) is 4.40. The molecule has 18 heavy (non-hydrogen) atoms. The smallest absolute Gasteiger partial charge is 0.189 e. The van der Waals surface area contributed by atoms with Gasteiger partial charge in [0.25, 0.3) is 0 Å². The maximum absolute atomic E-state index is 12.1. The maximum Gasteiger partial charge on any atom is 0.189 e.